The number of piperazine rings is 1. The van der Waals surface area contributed by atoms with Crippen molar-refractivity contribution in [3.63, 3.8) is 0 Å². The molecule has 162 valence electrons. The molecule has 2 N–H and O–H groups in total. The molecule has 0 aliphatic carbocycles. The molecule has 1 aliphatic heterocycles. The minimum atomic E-state index is -3.49. The van der Waals surface area contributed by atoms with Gasteiger partial charge in [-0.25, -0.2) is 8.42 Å². The normalized spacial score (nSPS) is 15.8. The largest absolute Gasteiger partial charge is 0.351 e. The number of rotatable bonds is 8. The average molecular weight is 431 g/mol. The van der Waals surface area contributed by atoms with Crippen molar-refractivity contribution in [2.24, 2.45) is 0 Å². The van der Waals surface area contributed by atoms with Crippen LogP contribution in [0.1, 0.15) is 23.1 Å². The molecule has 0 spiro atoms. The third-order valence-corrected chi connectivity index (χ3v) is 7.65. The first-order valence-corrected chi connectivity index (χ1v) is 12.0. The number of sulfonamides is 1. The molecule has 0 saturated carbocycles. The second-order valence-electron chi connectivity index (χ2n) is 8.04. The fourth-order valence-electron chi connectivity index (χ4n) is 3.90. The Bertz CT molecular complexity index is 953. The summed E-state index contributed by atoms with van der Waals surface area (Å²) in [7, 11) is -3.49. The van der Waals surface area contributed by atoms with Crippen molar-refractivity contribution in [1.82, 2.24) is 9.62 Å². The minimum absolute atomic E-state index is 0.0312. The van der Waals surface area contributed by atoms with Crippen molar-refractivity contribution in [1.29, 1.82) is 0 Å². The molecule has 3 rings (SSSR count). The summed E-state index contributed by atoms with van der Waals surface area (Å²) in [5.74, 6) is 0.0312. The highest BCUT2D eigenvalue weighted by atomic mass is 32.2. The molecule has 0 radical (unpaired) electrons. The van der Waals surface area contributed by atoms with Crippen LogP contribution < -0.4 is 10.2 Å². The van der Waals surface area contributed by atoms with Gasteiger partial charge in [0.15, 0.2) is 6.54 Å². The number of amides is 1. The highest BCUT2D eigenvalue weighted by Gasteiger charge is 2.31. The standard InChI is InChI=1S/C23H31N3O3S/c1-19-10-11-22(20(2)17-19)30(28,29)26-15-13-25(14-16-26)18-23(27)24-12-6-9-21-7-4-3-5-8-21/h3-5,7-8,10-11,17H,6,9,12-16,18H2,1-2H3,(H,24,27)/p+1. The molecule has 30 heavy (non-hydrogen) atoms. The number of aryl methyl sites for hydroxylation is 3. The van der Waals surface area contributed by atoms with Gasteiger partial charge >= 0.3 is 0 Å². The Kier molecular flexibility index (Phi) is 7.64. The van der Waals surface area contributed by atoms with E-state index in [2.05, 4.69) is 17.4 Å². The molecule has 7 heteroatoms. The minimum Gasteiger partial charge on any atom is -0.351 e. The molecule has 1 saturated heterocycles. The molecule has 1 amide bonds. The zero-order valence-electron chi connectivity index (χ0n) is 17.9. The number of carbonyl (C=O) groups excluding carboxylic acids is 1. The van der Waals surface area contributed by atoms with Crippen LogP contribution in [-0.4, -0.2) is 57.9 Å². The molecule has 2 aromatic rings. The topological polar surface area (TPSA) is 70.9 Å². The summed E-state index contributed by atoms with van der Waals surface area (Å²) >= 11 is 0. The van der Waals surface area contributed by atoms with Gasteiger partial charge in [0.1, 0.15) is 0 Å². The zero-order valence-corrected chi connectivity index (χ0v) is 18.7. The van der Waals surface area contributed by atoms with Crippen molar-refractivity contribution in [3.05, 3.63) is 65.2 Å². The first kappa shape index (κ1) is 22.5. The molecular weight excluding hydrogens is 398 g/mol. The second-order valence-corrected chi connectivity index (χ2v) is 9.95. The lowest BCUT2D eigenvalue weighted by Crippen LogP contribution is -3.15. The quantitative estimate of drug-likeness (QED) is 0.613. The molecule has 0 bridgehead atoms. The van der Waals surface area contributed by atoms with Crippen LogP contribution in [0.25, 0.3) is 0 Å². The number of hydrogen-bond acceptors (Lipinski definition) is 3. The van der Waals surface area contributed by atoms with E-state index in [1.807, 2.05) is 44.2 Å². The van der Waals surface area contributed by atoms with E-state index in [-0.39, 0.29) is 5.91 Å². The van der Waals surface area contributed by atoms with Crippen molar-refractivity contribution >= 4 is 15.9 Å². The van der Waals surface area contributed by atoms with Crippen LogP contribution in [0.3, 0.4) is 0 Å². The lowest BCUT2D eigenvalue weighted by Gasteiger charge is -2.31. The van der Waals surface area contributed by atoms with Crippen molar-refractivity contribution in [3.8, 4) is 0 Å². The summed E-state index contributed by atoms with van der Waals surface area (Å²) in [5, 5.41) is 2.99. The SMILES string of the molecule is Cc1ccc(S(=O)(=O)N2CC[NH+](CC(=O)NCCCc3ccccc3)CC2)c(C)c1. The Hall–Kier alpha value is -2.22. The lowest BCUT2D eigenvalue weighted by atomic mass is 10.1. The van der Waals surface area contributed by atoms with E-state index in [1.54, 1.807) is 10.4 Å². The van der Waals surface area contributed by atoms with Crippen LogP contribution in [0.5, 0.6) is 0 Å². The van der Waals surface area contributed by atoms with Crippen molar-refractivity contribution in [2.75, 3.05) is 39.3 Å². The van der Waals surface area contributed by atoms with Gasteiger partial charge in [-0.2, -0.15) is 4.31 Å². The van der Waals surface area contributed by atoms with E-state index in [0.29, 0.717) is 44.2 Å². The van der Waals surface area contributed by atoms with Crippen molar-refractivity contribution in [2.45, 2.75) is 31.6 Å². The number of benzene rings is 2. The monoisotopic (exact) mass is 430 g/mol. The Morgan fingerprint density at radius 1 is 1.07 bits per heavy atom. The van der Waals surface area contributed by atoms with Crippen LogP contribution in [0.4, 0.5) is 0 Å². The molecule has 1 heterocycles. The Balaban J connectivity index is 1.42. The van der Waals surface area contributed by atoms with E-state index < -0.39 is 10.0 Å². The third-order valence-electron chi connectivity index (χ3n) is 5.60. The van der Waals surface area contributed by atoms with Crippen LogP contribution in [0, 0.1) is 13.8 Å². The van der Waals surface area contributed by atoms with E-state index in [9.17, 15) is 13.2 Å². The summed E-state index contributed by atoms with van der Waals surface area (Å²) in [6, 6.07) is 15.7. The molecule has 0 atom stereocenters. The Labute approximate surface area is 179 Å². The number of carbonyl (C=O) groups is 1. The highest BCUT2D eigenvalue weighted by molar-refractivity contribution is 7.89. The molecule has 6 nitrogen and oxygen atoms in total. The van der Waals surface area contributed by atoms with E-state index in [0.717, 1.165) is 28.9 Å². The van der Waals surface area contributed by atoms with Crippen LogP contribution in [0.2, 0.25) is 0 Å². The molecular formula is C23H32N3O3S+. The zero-order chi connectivity index (χ0) is 21.6. The summed E-state index contributed by atoms with van der Waals surface area (Å²) in [4.78, 5) is 13.7. The first-order valence-electron chi connectivity index (χ1n) is 10.6. The fourth-order valence-corrected chi connectivity index (χ4v) is 5.55. The smallest absolute Gasteiger partial charge is 0.275 e. The van der Waals surface area contributed by atoms with Gasteiger partial charge in [-0.05, 0) is 43.9 Å². The fraction of sp³-hybridized carbons (Fsp3) is 0.435. The van der Waals surface area contributed by atoms with E-state index >= 15 is 0 Å². The highest BCUT2D eigenvalue weighted by Crippen LogP contribution is 2.20. The number of nitrogens with one attached hydrogen (secondary N) is 2. The van der Waals surface area contributed by atoms with Gasteiger partial charge < -0.3 is 10.2 Å². The predicted octanol–water partition coefficient (Wildman–Crippen LogP) is 0.942. The summed E-state index contributed by atoms with van der Waals surface area (Å²) in [6.07, 6.45) is 1.86. The van der Waals surface area contributed by atoms with Gasteiger partial charge in [-0.15, -0.1) is 0 Å². The van der Waals surface area contributed by atoms with Crippen LogP contribution in [-0.2, 0) is 21.2 Å². The maximum atomic E-state index is 13.0. The number of quaternary nitrogens is 1. The van der Waals surface area contributed by atoms with Gasteiger partial charge in [0.05, 0.1) is 31.1 Å². The molecule has 0 unspecified atom stereocenters. The third kappa shape index (κ3) is 5.90. The Morgan fingerprint density at radius 2 is 1.77 bits per heavy atom. The Morgan fingerprint density at radius 3 is 2.43 bits per heavy atom. The van der Waals surface area contributed by atoms with Gasteiger partial charge in [-0.3, -0.25) is 4.79 Å². The lowest BCUT2D eigenvalue weighted by molar-refractivity contribution is -0.895. The van der Waals surface area contributed by atoms with Gasteiger partial charge in [0.2, 0.25) is 10.0 Å². The summed E-state index contributed by atoms with van der Waals surface area (Å²) in [6.45, 7) is 7.00. The molecule has 1 aliphatic rings. The molecule has 1 fully saturated rings. The predicted molar refractivity (Wildman–Crippen MR) is 118 cm³/mol. The number of hydrogen-bond donors (Lipinski definition) is 2. The van der Waals surface area contributed by atoms with Crippen LogP contribution in [0.15, 0.2) is 53.4 Å². The first-order chi connectivity index (χ1) is 14.4. The van der Waals surface area contributed by atoms with Crippen LogP contribution >= 0.6 is 0 Å². The molecule has 0 aromatic heterocycles. The van der Waals surface area contributed by atoms with Gasteiger partial charge in [0.25, 0.3) is 5.91 Å². The maximum Gasteiger partial charge on any atom is 0.275 e. The summed E-state index contributed by atoms with van der Waals surface area (Å²) in [5.41, 5.74) is 3.11. The van der Waals surface area contributed by atoms with E-state index in [1.165, 1.54) is 5.56 Å². The number of nitrogens with zero attached hydrogens (tertiary/aromatic N) is 1. The van der Waals surface area contributed by atoms with Gasteiger partial charge in [-0.1, -0.05) is 48.0 Å². The van der Waals surface area contributed by atoms with Gasteiger partial charge in [0, 0.05) is 6.54 Å². The summed E-state index contributed by atoms with van der Waals surface area (Å²) < 4.78 is 27.5. The maximum absolute atomic E-state index is 13.0. The molecule has 2 aromatic carbocycles. The second kappa shape index (κ2) is 10.2. The van der Waals surface area contributed by atoms with Crippen molar-refractivity contribution < 1.29 is 18.1 Å². The average Bonchev–Trinajstić information content (AvgIpc) is 2.72. The van der Waals surface area contributed by atoms with E-state index in [4.69, 9.17) is 0 Å².